The topological polar surface area (TPSA) is 53.9 Å². The first-order valence-corrected chi connectivity index (χ1v) is 11.6. The molecule has 5 nitrogen and oxygen atoms in total. The molecular weight excluding hydrogens is 382 g/mol. The van der Waals surface area contributed by atoms with Gasteiger partial charge >= 0.3 is 0 Å². The highest BCUT2D eigenvalue weighted by molar-refractivity contribution is 5.84. The summed E-state index contributed by atoms with van der Waals surface area (Å²) in [5.41, 5.74) is 7.49. The van der Waals surface area contributed by atoms with Gasteiger partial charge in [-0.25, -0.2) is 9.97 Å². The van der Waals surface area contributed by atoms with Crippen molar-refractivity contribution in [2.75, 3.05) is 31.5 Å². The van der Waals surface area contributed by atoms with Crippen molar-refractivity contribution in [1.82, 2.24) is 19.9 Å². The number of anilines is 1. The summed E-state index contributed by atoms with van der Waals surface area (Å²) in [6, 6.07) is 10.8. The van der Waals surface area contributed by atoms with Gasteiger partial charge in [-0.15, -0.1) is 0 Å². The summed E-state index contributed by atoms with van der Waals surface area (Å²) in [5.74, 6) is 1.88. The number of piperidine rings is 1. The van der Waals surface area contributed by atoms with E-state index in [-0.39, 0.29) is 0 Å². The van der Waals surface area contributed by atoms with Crippen LogP contribution in [0.25, 0.3) is 11.1 Å². The fourth-order valence-corrected chi connectivity index (χ4v) is 4.84. The van der Waals surface area contributed by atoms with Crippen LogP contribution in [-0.4, -0.2) is 46.0 Å². The number of hydrogen-bond donors (Lipinski definition) is 1. The molecule has 5 rings (SSSR count). The predicted octanol–water partition coefficient (Wildman–Crippen LogP) is 4.63. The van der Waals surface area contributed by atoms with Crippen molar-refractivity contribution < 1.29 is 0 Å². The molecule has 1 saturated heterocycles. The average Bonchev–Trinajstić information content (AvgIpc) is 3.15. The molecular formula is C26H31N5. The number of hydrogen-bond acceptors (Lipinski definition) is 5. The Bertz CT molecular complexity index is 1040. The maximum atomic E-state index is 4.99. The minimum atomic E-state index is 0.730. The highest BCUT2D eigenvalue weighted by Gasteiger charge is 2.25. The third-order valence-corrected chi connectivity index (χ3v) is 6.42. The Labute approximate surface area is 185 Å². The van der Waals surface area contributed by atoms with E-state index in [1.165, 1.54) is 66.7 Å². The number of likely N-dealkylation sites (tertiary alicyclic amines) is 1. The Morgan fingerprint density at radius 3 is 2.68 bits per heavy atom. The number of benzene rings is 1. The van der Waals surface area contributed by atoms with Gasteiger partial charge in [0.25, 0.3) is 0 Å². The maximum absolute atomic E-state index is 4.99. The van der Waals surface area contributed by atoms with Crippen LogP contribution in [0.5, 0.6) is 0 Å². The van der Waals surface area contributed by atoms with E-state index in [4.69, 9.17) is 9.97 Å². The lowest BCUT2D eigenvalue weighted by atomic mass is 10.0. The maximum Gasteiger partial charge on any atom is 0.137 e. The molecule has 0 amide bonds. The number of rotatable bonds is 7. The first-order valence-electron chi connectivity index (χ1n) is 11.6. The largest absolute Gasteiger partial charge is 0.369 e. The van der Waals surface area contributed by atoms with Crippen LogP contribution in [0.3, 0.4) is 0 Å². The standard InChI is InChI=1S/C26H31N5/c1-19-6-7-22-21(16-19)18-23-25(22)26(28-10-5-15-31-13-3-2-4-14-31)30-24(29-23)17-20-8-11-27-12-9-20/h6-9,11-12,16H,2-5,10,13-15,17-18H2,1H3,(H,28,29,30). The Hall–Kier alpha value is -2.79. The van der Waals surface area contributed by atoms with E-state index in [2.05, 4.69) is 40.3 Å². The van der Waals surface area contributed by atoms with Crippen LogP contribution in [0.2, 0.25) is 0 Å². The van der Waals surface area contributed by atoms with Gasteiger partial charge in [0.05, 0.1) is 5.69 Å². The average molecular weight is 414 g/mol. The van der Waals surface area contributed by atoms with Crippen molar-refractivity contribution in [2.45, 2.75) is 45.4 Å². The molecule has 3 aromatic rings. The van der Waals surface area contributed by atoms with Gasteiger partial charge in [-0.2, -0.15) is 0 Å². The Morgan fingerprint density at radius 2 is 1.84 bits per heavy atom. The van der Waals surface area contributed by atoms with Crippen molar-refractivity contribution >= 4 is 5.82 Å². The van der Waals surface area contributed by atoms with E-state index in [0.717, 1.165) is 43.1 Å². The van der Waals surface area contributed by atoms with Crippen LogP contribution in [0, 0.1) is 6.92 Å². The molecule has 31 heavy (non-hydrogen) atoms. The highest BCUT2D eigenvalue weighted by Crippen LogP contribution is 2.40. The summed E-state index contributed by atoms with van der Waals surface area (Å²) in [4.78, 5) is 16.7. The van der Waals surface area contributed by atoms with Gasteiger partial charge in [-0.05, 0) is 74.6 Å². The third kappa shape index (κ3) is 4.62. The minimum absolute atomic E-state index is 0.730. The van der Waals surface area contributed by atoms with Crippen LogP contribution in [0.1, 0.15) is 53.9 Å². The van der Waals surface area contributed by atoms with Crippen molar-refractivity contribution in [3.05, 3.63) is 70.9 Å². The van der Waals surface area contributed by atoms with Crippen LogP contribution in [0.4, 0.5) is 5.82 Å². The number of aryl methyl sites for hydroxylation is 1. The number of fused-ring (bicyclic) bond motifs is 3. The zero-order valence-electron chi connectivity index (χ0n) is 18.4. The van der Waals surface area contributed by atoms with Crippen LogP contribution in [0.15, 0.2) is 42.7 Å². The molecule has 0 saturated carbocycles. The third-order valence-electron chi connectivity index (χ3n) is 6.42. The molecule has 0 atom stereocenters. The van der Waals surface area contributed by atoms with E-state index in [1.54, 1.807) is 0 Å². The highest BCUT2D eigenvalue weighted by atomic mass is 15.1. The first kappa shape index (κ1) is 20.1. The zero-order chi connectivity index (χ0) is 21.0. The Morgan fingerprint density at radius 1 is 1.00 bits per heavy atom. The van der Waals surface area contributed by atoms with E-state index in [0.29, 0.717) is 0 Å². The lowest BCUT2D eigenvalue weighted by Crippen LogP contribution is -2.31. The molecule has 2 aliphatic rings. The normalized spacial score (nSPS) is 15.5. The van der Waals surface area contributed by atoms with E-state index in [9.17, 15) is 0 Å². The molecule has 0 bridgehead atoms. The molecule has 1 N–H and O–H groups in total. The van der Waals surface area contributed by atoms with Gasteiger partial charge in [0.1, 0.15) is 11.6 Å². The molecule has 2 aromatic heterocycles. The summed E-state index contributed by atoms with van der Waals surface area (Å²) in [6.07, 6.45) is 10.5. The molecule has 1 fully saturated rings. The van der Waals surface area contributed by atoms with E-state index >= 15 is 0 Å². The van der Waals surface area contributed by atoms with Gasteiger partial charge in [0.2, 0.25) is 0 Å². The van der Waals surface area contributed by atoms with Gasteiger partial charge in [-0.1, -0.05) is 30.2 Å². The van der Waals surface area contributed by atoms with Gasteiger partial charge < -0.3 is 10.2 Å². The fraction of sp³-hybridized carbons (Fsp3) is 0.423. The quantitative estimate of drug-likeness (QED) is 0.448. The molecule has 1 aromatic carbocycles. The molecule has 5 heteroatoms. The molecule has 160 valence electrons. The van der Waals surface area contributed by atoms with Gasteiger partial charge in [0.15, 0.2) is 0 Å². The summed E-state index contributed by atoms with van der Waals surface area (Å²) in [6.45, 7) is 6.77. The summed E-state index contributed by atoms with van der Waals surface area (Å²) >= 11 is 0. The zero-order valence-corrected chi connectivity index (χ0v) is 18.4. The second-order valence-corrected chi connectivity index (χ2v) is 8.86. The Balaban J connectivity index is 1.37. The SMILES string of the molecule is Cc1ccc2c(c1)Cc1nc(Cc3ccncc3)nc(NCCCN3CCCCC3)c1-2. The number of aromatic nitrogens is 3. The van der Waals surface area contributed by atoms with Gasteiger partial charge in [0, 0.05) is 37.3 Å². The number of pyridine rings is 1. The van der Waals surface area contributed by atoms with Crippen LogP contribution in [-0.2, 0) is 12.8 Å². The molecule has 0 spiro atoms. The number of nitrogens with one attached hydrogen (secondary N) is 1. The van der Waals surface area contributed by atoms with Crippen LogP contribution >= 0.6 is 0 Å². The van der Waals surface area contributed by atoms with Crippen LogP contribution < -0.4 is 5.32 Å². The number of nitrogens with zero attached hydrogens (tertiary/aromatic N) is 4. The van der Waals surface area contributed by atoms with Crippen molar-refractivity contribution in [3.8, 4) is 11.1 Å². The Kier molecular flexibility index (Phi) is 5.94. The van der Waals surface area contributed by atoms with E-state index in [1.807, 2.05) is 24.5 Å². The van der Waals surface area contributed by atoms with Gasteiger partial charge in [-0.3, -0.25) is 4.98 Å². The molecule has 3 heterocycles. The summed E-state index contributed by atoms with van der Waals surface area (Å²) < 4.78 is 0. The van der Waals surface area contributed by atoms with Crippen molar-refractivity contribution in [2.24, 2.45) is 0 Å². The second kappa shape index (κ2) is 9.15. The molecule has 1 aliphatic heterocycles. The van der Waals surface area contributed by atoms with Crippen molar-refractivity contribution in [1.29, 1.82) is 0 Å². The molecule has 0 radical (unpaired) electrons. The van der Waals surface area contributed by atoms with E-state index < -0.39 is 0 Å². The monoisotopic (exact) mass is 413 g/mol. The fourth-order valence-electron chi connectivity index (χ4n) is 4.84. The smallest absolute Gasteiger partial charge is 0.137 e. The second-order valence-electron chi connectivity index (χ2n) is 8.86. The minimum Gasteiger partial charge on any atom is -0.369 e. The summed E-state index contributed by atoms with van der Waals surface area (Å²) in [5, 5.41) is 3.68. The summed E-state index contributed by atoms with van der Waals surface area (Å²) in [7, 11) is 0. The van der Waals surface area contributed by atoms with Crippen molar-refractivity contribution in [3.63, 3.8) is 0 Å². The molecule has 1 aliphatic carbocycles. The molecule has 0 unspecified atom stereocenters. The first-order chi connectivity index (χ1) is 15.3. The lowest BCUT2D eigenvalue weighted by Gasteiger charge is -2.26. The lowest BCUT2D eigenvalue weighted by molar-refractivity contribution is 0.228. The predicted molar refractivity (Wildman–Crippen MR) is 125 cm³/mol.